The number of ketones is 1. The lowest BCUT2D eigenvalue weighted by molar-refractivity contribution is -0.114. The molecule has 3 heterocycles. The van der Waals surface area contributed by atoms with Crippen molar-refractivity contribution in [3.63, 3.8) is 0 Å². The van der Waals surface area contributed by atoms with E-state index in [1.54, 1.807) is 18.3 Å². The molecule has 1 saturated heterocycles. The number of thiazole rings is 1. The number of thioether (sulfide) groups is 1. The number of benzene rings is 1. The molecule has 7 heteroatoms. The van der Waals surface area contributed by atoms with E-state index in [0.29, 0.717) is 15.0 Å². The zero-order chi connectivity index (χ0) is 19.1. The van der Waals surface area contributed by atoms with Crippen LogP contribution in [0.1, 0.15) is 27.9 Å². The van der Waals surface area contributed by atoms with Crippen LogP contribution in [0.4, 0.5) is 4.39 Å². The van der Waals surface area contributed by atoms with Crippen molar-refractivity contribution in [2.75, 3.05) is 0 Å². The molecule has 3 aromatic rings. The fourth-order valence-electron chi connectivity index (χ4n) is 3.25. The van der Waals surface area contributed by atoms with Crippen LogP contribution >= 0.6 is 23.1 Å². The van der Waals surface area contributed by atoms with E-state index < -0.39 is 5.92 Å². The third kappa shape index (κ3) is 3.17. The summed E-state index contributed by atoms with van der Waals surface area (Å²) in [7, 11) is 0. The Hall–Kier alpha value is -2.51. The van der Waals surface area contributed by atoms with Crippen LogP contribution in [-0.2, 0) is 4.79 Å². The molecular formula is C20H16FN3OS2. The molecular weight excluding hydrogens is 381 g/mol. The Kier molecular flexibility index (Phi) is 4.57. The van der Waals surface area contributed by atoms with Crippen molar-refractivity contribution >= 4 is 40.0 Å². The molecule has 0 bridgehead atoms. The minimum Gasteiger partial charge on any atom is -0.318 e. The molecule has 0 amide bonds. The highest BCUT2D eigenvalue weighted by molar-refractivity contribution is 8.19. The molecule has 1 aromatic carbocycles. The highest BCUT2D eigenvalue weighted by Gasteiger charge is 2.38. The molecule has 0 unspecified atom stereocenters. The average Bonchev–Trinajstić information content (AvgIpc) is 3.31. The van der Waals surface area contributed by atoms with E-state index in [1.165, 1.54) is 35.2 Å². The van der Waals surface area contributed by atoms with Crippen LogP contribution in [0, 0.1) is 25.1 Å². The van der Waals surface area contributed by atoms with Gasteiger partial charge in [-0.25, -0.2) is 9.37 Å². The maximum Gasteiger partial charge on any atom is 0.186 e. The molecule has 1 aliphatic rings. The van der Waals surface area contributed by atoms with E-state index in [2.05, 4.69) is 4.98 Å². The summed E-state index contributed by atoms with van der Waals surface area (Å²) in [5.41, 5.74) is 3.74. The molecule has 27 heavy (non-hydrogen) atoms. The van der Waals surface area contributed by atoms with E-state index >= 15 is 0 Å². The molecule has 0 saturated carbocycles. The van der Waals surface area contributed by atoms with E-state index in [0.717, 1.165) is 22.6 Å². The number of Topliss-reactive ketones (excluding diaryl/α,β-unsaturated/α-hetero) is 1. The average molecular weight is 398 g/mol. The molecule has 136 valence electrons. The van der Waals surface area contributed by atoms with Crippen molar-refractivity contribution < 1.29 is 9.18 Å². The van der Waals surface area contributed by atoms with Crippen molar-refractivity contribution in [1.82, 2.24) is 9.55 Å². The topological polar surface area (TPSA) is 58.7 Å². The Morgan fingerprint density at radius 2 is 2.00 bits per heavy atom. The van der Waals surface area contributed by atoms with Gasteiger partial charge in [0.15, 0.2) is 5.78 Å². The van der Waals surface area contributed by atoms with Gasteiger partial charge in [-0.15, -0.1) is 11.3 Å². The number of halogens is 1. The van der Waals surface area contributed by atoms with Gasteiger partial charge < -0.3 is 4.57 Å². The summed E-state index contributed by atoms with van der Waals surface area (Å²) in [6.45, 7) is 3.94. The van der Waals surface area contributed by atoms with Crippen molar-refractivity contribution in [3.05, 3.63) is 74.6 Å². The number of aromatic nitrogens is 2. The number of aryl methyl sites for hydroxylation is 1. The van der Waals surface area contributed by atoms with Crippen LogP contribution in [0.2, 0.25) is 0 Å². The summed E-state index contributed by atoms with van der Waals surface area (Å²) in [6, 6.07) is 8.33. The first-order valence-electron chi connectivity index (χ1n) is 8.32. The lowest BCUT2D eigenvalue weighted by Gasteiger charge is -2.09. The van der Waals surface area contributed by atoms with Crippen LogP contribution in [-0.4, -0.2) is 20.4 Å². The van der Waals surface area contributed by atoms with Crippen LogP contribution in [0.25, 0.3) is 11.8 Å². The van der Waals surface area contributed by atoms with E-state index in [9.17, 15) is 9.18 Å². The molecule has 4 rings (SSSR count). The fourth-order valence-corrected chi connectivity index (χ4v) is 5.05. The Bertz CT molecular complexity index is 1070. The van der Waals surface area contributed by atoms with Gasteiger partial charge in [0.2, 0.25) is 0 Å². The van der Waals surface area contributed by atoms with E-state index in [-0.39, 0.29) is 11.6 Å². The van der Waals surface area contributed by atoms with Gasteiger partial charge in [0.1, 0.15) is 16.7 Å². The van der Waals surface area contributed by atoms with Gasteiger partial charge in [0.05, 0.1) is 9.95 Å². The van der Waals surface area contributed by atoms with Gasteiger partial charge in [-0.3, -0.25) is 10.2 Å². The predicted octanol–water partition coefficient (Wildman–Crippen LogP) is 5.11. The standard InChI is InChI=1S/C20H16FN3OS2/c1-11-9-13(12(2)24(11)15-5-3-14(21)4-6-15)10-16-18(25)17(19(22)27-16)20-23-7-8-26-20/h3-10,17,22H,1-2H3/b16-10-,22-19?/t17-/m0/s1. The maximum atomic E-state index is 13.2. The highest BCUT2D eigenvalue weighted by Crippen LogP contribution is 2.41. The molecule has 4 nitrogen and oxygen atoms in total. The lowest BCUT2D eigenvalue weighted by atomic mass is 10.1. The Labute approximate surface area is 164 Å². The number of allylic oxidation sites excluding steroid dienone is 1. The second-order valence-corrected chi connectivity index (χ2v) is 8.29. The first-order valence-corrected chi connectivity index (χ1v) is 10.0. The third-order valence-corrected chi connectivity index (χ3v) is 6.36. The van der Waals surface area contributed by atoms with Gasteiger partial charge in [0, 0.05) is 28.7 Å². The Balaban J connectivity index is 1.71. The summed E-state index contributed by atoms with van der Waals surface area (Å²) in [4.78, 5) is 17.6. The second kappa shape index (κ2) is 6.90. The number of rotatable bonds is 3. The summed E-state index contributed by atoms with van der Waals surface area (Å²) in [5.74, 6) is -0.934. The minimum atomic E-state index is -0.582. The highest BCUT2D eigenvalue weighted by atomic mass is 32.2. The summed E-state index contributed by atoms with van der Waals surface area (Å²) < 4.78 is 15.3. The summed E-state index contributed by atoms with van der Waals surface area (Å²) >= 11 is 2.60. The number of carbonyl (C=O) groups is 1. The van der Waals surface area contributed by atoms with Crippen LogP contribution in [0.3, 0.4) is 0 Å². The third-order valence-electron chi connectivity index (χ3n) is 4.53. The molecule has 1 N–H and O–H groups in total. The molecule has 0 radical (unpaired) electrons. The lowest BCUT2D eigenvalue weighted by Crippen LogP contribution is -2.11. The van der Waals surface area contributed by atoms with Crippen LogP contribution in [0.15, 0.2) is 46.8 Å². The SMILES string of the molecule is Cc1cc(/C=C2\SC(=N)[C@@H](c3nccs3)C2=O)c(C)n1-c1ccc(F)cc1. The maximum absolute atomic E-state index is 13.2. The van der Waals surface area contributed by atoms with Gasteiger partial charge in [0.25, 0.3) is 0 Å². The molecule has 1 fully saturated rings. The van der Waals surface area contributed by atoms with Gasteiger partial charge in [-0.05, 0) is 55.8 Å². The molecule has 0 aliphatic carbocycles. The van der Waals surface area contributed by atoms with Crippen molar-refractivity contribution in [3.8, 4) is 5.69 Å². The second-order valence-electron chi connectivity index (χ2n) is 6.28. The monoisotopic (exact) mass is 397 g/mol. The predicted molar refractivity (Wildman–Crippen MR) is 108 cm³/mol. The first kappa shape index (κ1) is 17.9. The zero-order valence-electron chi connectivity index (χ0n) is 14.7. The van der Waals surface area contributed by atoms with Gasteiger partial charge >= 0.3 is 0 Å². The Morgan fingerprint density at radius 3 is 2.67 bits per heavy atom. The van der Waals surface area contributed by atoms with Crippen molar-refractivity contribution in [2.24, 2.45) is 0 Å². The summed E-state index contributed by atoms with van der Waals surface area (Å²) in [5, 5.41) is 11.0. The van der Waals surface area contributed by atoms with Crippen molar-refractivity contribution in [2.45, 2.75) is 19.8 Å². The number of hydrogen-bond donors (Lipinski definition) is 1. The van der Waals surface area contributed by atoms with Crippen LogP contribution < -0.4 is 0 Å². The molecule has 2 aromatic heterocycles. The molecule has 0 spiro atoms. The Morgan fingerprint density at radius 1 is 1.26 bits per heavy atom. The normalized spacial score (nSPS) is 18.6. The molecule has 1 atom stereocenters. The zero-order valence-corrected chi connectivity index (χ0v) is 16.3. The van der Waals surface area contributed by atoms with E-state index in [1.807, 2.05) is 35.9 Å². The minimum absolute atomic E-state index is 0.0773. The number of hydrogen-bond acceptors (Lipinski definition) is 5. The quantitative estimate of drug-likeness (QED) is 0.625. The number of nitrogens with zero attached hydrogens (tertiary/aromatic N) is 2. The van der Waals surface area contributed by atoms with Crippen LogP contribution in [0.5, 0.6) is 0 Å². The van der Waals surface area contributed by atoms with Gasteiger partial charge in [-0.1, -0.05) is 11.8 Å². The smallest absolute Gasteiger partial charge is 0.186 e. The number of carbonyl (C=O) groups excluding carboxylic acids is 1. The van der Waals surface area contributed by atoms with Crippen molar-refractivity contribution in [1.29, 1.82) is 5.41 Å². The first-order chi connectivity index (χ1) is 13.0. The van der Waals surface area contributed by atoms with Gasteiger partial charge in [-0.2, -0.15) is 0 Å². The number of nitrogens with one attached hydrogen (secondary N) is 1. The molecule has 1 aliphatic heterocycles. The summed E-state index contributed by atoms with van der Waals surface area (Å²) in [6.07, 6.45) is 3.50. The fraction of sp³-hybridized carbons (Fsp3) is 0.150. The van der Waals surface area contributed by atoms with E-state index in [4.69, 9.17) is 5.41 Å². The largest absolute Gasteiger partial charge is 0.318 e.